The van der Waals surface area contributed by atoms with Gasteiger partial charge in [0.25, 0.3) is 5.91 Å². The van der Waals surface area contributed by atoms with Gasteiger partial charge in [-0.3, -0.25) is 9.48 Å². The van der Waals surface area contributed by atoms with Crippen molar-refractivity contribution in [1.29, 1.82) is 0 Å². The van der Waals surface area contributed by atoms with Gasteiger partial charge in [0.05, 0.1) is 11.7 Å². The molecule has 1 amide bonds. The third kappa shape index (κ3) is 3.69. The molecule has 0 saturated heterocycles. The van der Waals surface area contributed by atoms with E-state index in [1.807, 2.05) is 28.9 Å². The minimum absolute atomic E-state index is 0.0110. The Balaban J connectivity index is 1.84. The molecule has 1 atom stereocenters. The van der Waals surface area contributed by atoms with E-state index in [2.05, 4.69) is 36.4 Å². The summed E-state index contributed by atoms with van der Waals surface area (Å²) in [5, 5.41) is 7.89. The van der Waals surface area contributed by atoms with E-state index in [1.54, 1.807) is 0 Å². The lowest BCUT2D eigenvalue weighted by atomic mass is 9.95. The van der Waals surface area contributed by atoms with E-state index in [0.29, 0.717) is 11.7 Å². The van der Waals surface area contributed by atoms with Gasteiger partial charge in [0.1, 0.15) is 5.69 Å². The van der Waals surface area contributed by atoms with Crippen molar-refractivity contribution in [3.05, 3.63) is 53.3 Å². The number of nitrogens with one attached hydrogen (secondary N) is 1. The maximum Gasteiger partial charge on any atom is 0.269 e. The number of carbonyl (C=O) groups is 1. The molecule has 4 nitrogen and oxygen atoms in total. The SMILES string of the molecule is CCc1cc(C(=O)NC2CCCCC2)n(C(C)c2ccccc2)n1. The molecular formula is C20H27N3O. The zero-order chi connectivity index (χ0) is 16.9. The zero-order valence-electron chi connectivity index (χ0n) is 14.7. The van der Waals surface area contributed by atoms with Crippen LogP contribution in [0.3, 0.4) is 0 Å². The number of benzene rings is 1. The van der Waals surface area contributed by atoms with E-state index in [-0.39, 0.29) is 11.9 Å². The largest absolute Gasteiger partial charge is 0.348 e. The number of rotatable bonds is 5. The molecule has 1 unspecified atom stereocenters. The van der Waals surface area contributed by atoms with Crippen molar-refractivity contribution < 1.29 is 4.79 Å². The van der Waals surface area contributed by atoms with Crippen molar-refractivity contribution in [2.45, 2.75) is 64.5 Å². The minimum Gasteiger partial charge on any atom is -0.348 e. The summed E-state index contributed by atoms with van der Waals surface area (Å²) >= 11 is 0. The van der Waals surface area contributed by atoms with Crippen LogP contribution < -0.4 is 5.32 Å². The summed E-state index contributed by atoms with van der Waals surface area (Å²) in [5.41, 5.74) is 2.80. The Morgan fingerprint density at radius 1 is 1.25 bits per heavy atom. The smallest absolute Gasteiger partial charge is 0.269 e. The first-order valence-corrected chi connectivity index (χ1v) is 9.13. The highest BCUT2D eigenvalue weighted by Crippen LogP contribution is 2.22. The maximum absolute atomic E-state index is 12.8. The second-order valence-corrected chi connectivity index (χ2v) is 6.71. The number of carbonyl (C=O) groups excluding carboxylic acids is 1. The van der Waals surface area contributed by atoms with Crippen LogP contribution in [0.2, 0.25) is 0 Å². The van der Waals surface area contributed by atoms with Crippen LogP contribution in [0.15, 0.2) is 36.4 Å². The quantitative estimate of drug-likeness (QED) is 0.899. The lowest BCUT2D eigenvalue weighted by molar-refractivity contribution is 0.0915. The average Bonchev–Trinajstić information content (AvgIpc) is 3.07. The molecule has 4 heteroatoms. The fourth-order valence-electron chi connectivity index (χ4n) is 3.46. The standard InChI is InChI=1S/C20H27N3O/c1-3-17-14-19(20(24)21-18-12-8-5-9-13-18)23(22-17)15(2)16-10-6-4-7-11-16/h4,6-7,10-11,14-15,18H,3,5,8-9,12-13H2,1-2H3,(H,21,24). The molecule has 1 aromatic heterocycles. The van der Waals surface area contributed by atoms with Crippen LogP contribution in [-0.4, -0.2) is 21.7 Å². The average molecular weight is 325 g/mol. The Morgan fingerprint density at radius 2 is 1.96 bits per heavy atom. The molecular weight excluding hydrogens is 298 g/mol. The first-order valence-electron chi connectivity index (χ1n) is 9.13. The Kier molecular flexibility index (Phi) is 5.34. The summed E-state index contributed by atoms with van der Waals surface area (Å²) in [6, 6.07) is 12.5. The first-order chi connectivity index (χ1) is 11.7. The van der Waals surface area contributed by atoms with E-state index < -0.39 is 0 Å². The highest BCUT2D eigenvalue weighted by molar-refractivity contribution is 5.93. The van der Waals surface area contributed by atoms with Gasteiger partial charge in [-0.25, -0.2) is 0 Å². The molecule has 1 aliphatic rings. The third-order valence-corrected chi connectivity index (χ3v) is 4.97. The van der Waals surface area contributed by atoms with Crippen molar-refractivity contribution in [3.63, 3.8) is 0 Å². The van der Waals surface area contributed by atoms with Gasteiger partial charge in [-0.15, -0.1) is 0 Å². The Labute approximate surface area is 144 Å². The van der Waals surface area contributed by atoms with Gasteiger partial charge in [0.2, 0.25) is 0 Å². The van der Waals surface area contributed by atoms with Gasteiger partial charge >= 0.3 is 0 Å². The molecule has 1 N–H and O–H groups in total. The number of nitrogens with zero attached hydrogens (tertiary/aromatic N) is 2. The topological polar surface area (TPSA) is 46.9 Å². The molecule has 1 aromatic carbocycles. The van der Waals surface area contributed by atoms with E-state index in [0.717, 1.165) is 30.5 Å². The summed E-state index contributed by atoms with van der Waals surface area (Å²) in [7, 11) is 0. The minimum atomic E-state index is 0.0110. The monoisotopic (exact) mass is 325 g/mol. The van der Waals surface area contributed by atoms with E-state index >= 15 is 0 Å². The number of hydrogen-bond donors (Lipinski definition) is 1. The highest BCUT2D eigenvalue weighted by Gasteiger charge is 2.22. The van der Waals surface area contributed by atoms with Crippen LogP contribution in [0.1, 0.15) is 73.7 Å². The van der Waals surface area contributed by atoms with Crippen LogP contribution in [-0.2, 0) is 6.42 Å². The van der Waals surface area contributed by atoms with Crippen molar-refractivity contribution >= 4 is 5.91 Å². The molecule has 0 bridgehead atoms. The van der Waals surface area contributed by atoms with Gasteiger partial charge in [-0.2, -0.15) is 5.10 Å². The van der Waals surface area contributed by atoms with Crippen LogP contribution in [0.4, 0.5) is 0 Å². The lowest BCUT2D eigenvalue weighted by Gasteiger charge is -2.23. The third-order valence-electron chi connectivity index (χ3n) is 4.97. The van der Waals surface area contributed by atoms with Gasteiger partial charge in [-0.05, 0) is 37.8 Å². The Morgan fingerprint density at radius 3 is 2.62 bits per heavy atom. The number of aryl methyl sites for hydroxylation is 1. The lowest BCUT2D eigenvalue weighted by Crippen LogP contribution is -2.37. The van der Waals surface area contributed by atoms with Crippen LogP contribution in [0.25, 0.3) is 0 Å². The van der Waals surface area contributed by atoms with Crippen LogP contribution in [0.5, 0.6) is 0 Å². The molecule has 24 heavy (non-hydrogen) atoms. The molecule has 1 fully saturated rings. The van der Waals surface area contributed by atoms with E-state index in [4.69, 9.17) is 0 Å². The summed E-state index contributed by atoms with van der Waals surface area (Å²) in [6.45, 7) is 4.17. The molecule has 1 heterocycles. The maximum atomic E-state index is 12.8. The molecule has 128 valence electrons. The van der Waals surface area contributed by atoms with Gasteiger partial charge < -0.3 is 5.32 Å². The fourth-order valence-corrected chi connectivity index (χ4v) is 3.46. The van der Waals surface area contributed by atoms with E-state index in [1.165, 1.54) is 19.3 Å². The van der Waals surface area contributed by atoms with Crippen molar-refractivity contribution in [3.8, 4) is 0 Å². The summed E-state index contributed by atoms with van der Waals surface area (Å²) < 4.78 is 1.88. The van der Waals surface area contributed by atoms with Crippen molar-refractivity contribution in [1.82, 2.24) is 15.1 Å². The Bertz CT molecular complexity index is 671. The predicted octanol–water partition coefficient (Wildman–Crippen LogP) is 4.12. The first kappa shape index (κ1) is 16.7. The second-order valence-electron chi connectivity index (χ2n) is 6.71. The van der Waals surface area contributed by atoms with Gasteiger partial charge in [0, 0.05) is 6.04 Å². The molecule has 0 radical (unpaired) electrons. The molecule has 1 saturated carbocycles. The molecule has 0 spiro atoms. The summed E-state index contributed by atoms with van der Waals surface area (Å²) in [5.74, 6) is 0.0110. The molecule has 2 aromatic rings. The van der Waals surface area contributed by atoms with Crippen molar-refractivity contribution in [2.75, 3.05) is 0 Å². The predicted molar refractivity (Wildman–Crippen MR) is 96.2 cm³/mol. The Hall–Kier alpha value is -2.10. The number of aromatic nitrogens is 2. The van der Waals surface area contributed by atoms with Crippen LogP contribution >= 0.6 is 0 Å². The van der Waals surface area contributed by atoms with Gasteiger partial charge in [-0.1, -0.05) is 56.5 Å². The zero-order valence-corrected chi connectivity index (χ0v) is 14.7. The molecule has 1 aliphatic carbocycles. The fraction of sp³-hybridized carbons (Fsp3) is 0.500. The van der Waals surface area contributed by atoms with E-state index in [9.17, 15) is 4.79 Å². The normalized spacial score (nSPS) is 16.8. The van der Waals surface area contributed by atoms with Crippen LogP contribution in [0, 0.1) is 0 Å². The van der Waals surface area contributed by atoms with Crippen molar-refractivity contribution in [2.24, 2.45) is 0 Å². The molecule has 3 rings (SSSR count). The number of hydrogen-bond acceptors (Lipinski definition) is 2. The molecule has 0 aliphatic heterocycles. The second kappa shape index (κ2) is 7.65. The highest BCUT2D eigenvalue weighted by atomic mass is 16.2. The summed E-state index contributed by atoms with van der Waals surface area (Å²) in [4.78, 5) is 12.8. The van der Waals surface area contributed by atoms with Gasteiger partial charge in [0.15, 0.2) is 0 Å². The summed E-state index contributed by atoms with van der Waals surface area (Å²) in [6.07, 6.45) is 6.73. The number of amides is 1.